The highest BCUT2D eigenvalue weighted by Crippen LogP contribution is 2.14. The molecule has 1 heterocycles. The van der Waals surface area contributed by atoms with Crippen molar-refractivity contribution >= 4 is 27.3 Å². The topological polar surface area (TPSA) is 93.2 Å². The van der Waals surface area contributed by atoms with Crippen molar-refractivity contribution in [3.05, 3.63) is 51.2 Å². The van der Waals surface area contributed by atoms with E-state index in [4.69, 9.17) is 0 Å². The summed E-state index contributed by atoms with van der Waals surface area (Å²) in [4.78, 5) is 9.99. The number of halogens is 1. The number of aromatic nitrogens is 2. The number of hydrogen-bond acceptors (Lipinski definition) is 5. The third-order valence-electron chi connectivity index (χ3n) is 2.61. The summed E-state index contributed by atoms with van der Waals surface area (Å²) in [6.45, 7) is 0.520. The van der Waals surface area contributed by atoms with Gasteiger partial charge in [-0.3, -0.25) is 14.8 Å². The van der Waals surface area contributed by atoms with Gasteiger partial charge in [0.2, 0.25) is 0 Å². The lowest BCUT2D eigenvalue weighted by atomic mass is 10.3. The Labute approximate surface area is 123 Å². The lowest BCUT2D eigenvalue weighted by Crippen LogP contribution is -2.25. The van der Waals surface area contributed by atoms with Crippen molar-refractivity contribution < 1.29 is 10.0 Å². The Balaban J connectivity index is 1.84. The summed E-state index contributed by atoms with van der Waals surface area (Å²) in [5.74, 6) is 0. The minimum absolute atomic E-state index is 0.0851. The number of aliphatic hydroxyl groups is 1. The van der Waals surface area contributed by atoms with Gasteiger partial charge in [0.05, 0.1) is 17.6 Å². The molecule has 2 rings (SSSR count). The van der Waals surface area contributed by atoms with Crippen molar-refractivity contribution in [2.45, 2.75) is 12.6 Å². The number of nitrogens with zero attached hydrogens (tertiary/aromatic N) is 3. The average Bonchev–Trinajstić information content (AvgIpc) is 2.87. The third kappa shape index (κ3) is 4.04. The van der Waals surface area contributed by atoms with Crippen molar-refractivity contribution in [3.63, 3.8) is 0 Å². The largest absolute Gasteiger partial charge is 0.389 e. The van der Waals surface area contributed by atoms with E-state index >= 15 is 0 Å². The Hall–Kier alpha value is -1.93. The fraction of sp³-hybridized carbons (Fsp3) is 0.250. The summed E-state index contributed by atoms with van der Waals surface area (Å²) >= 11 is 3.34. The summed E-state index contributed by atoms with van der Waals surface area (Å²) in [7, 11) is 0. The highest BCUT2D eigenvalue weighted by atomic mass is 79.9. The lowest BCUT2D eigenvalue weighted by molar-refractivity contribution is -0.385. The predicted molar refractivity (Wildman–Crippen MR) is 77.5 cm³/mol. The SMILES string of the molecule is O=[N+]([O-])c1cnn(CC(O)CNc2ccc(Br)cc2)c1. The first-order chi connectivity index (χ1) is 9.54. The van der Waals surface area contributed by atoms with Gasteiger partial charge in [-0.05, 0) is 24.3 Å². The second kappa shape index (κ2) is 6.49. The molecule has 0 saturated heterocycles. The number of aliphatic hydroxyl groups excluding tert-OH is 1. The molecule has 1 atom stereocenters. The van der Waals surface area contributed by atoms with Crippen LogP contribution in [0, 0.1) is 10.1 Å². The van der Waals surface area contributed by atoms with Crippen LogP contribution < -0.4 is 5.32 Å². The van der Waals surface area contributed by atoms with Crippen LogP contribution in [0.25, 0.3) is 0 Å². The third-order valence-corrected chi connectivity index (χ3v) is 3.14. The maximum Gasteiger partial charge on any atom is 0.306 e. The van der Waals surface area contributed by atoms with Crippen molar-refractivity contribution in [3.8, 4) is 0 Å². The molecular formula is C12H13BrN4O3. The molecular weight excluding hydrogens is 328 g/mol. The fourth-order valence-electron chi connectivity index (χ4n) is 1.63. The Bertz CT molecular complexity index is 585. The molecule has 1 aromatic carbocycles. The van der Waals surface area contributed by atoms with E-state index in [0.29, 0.717) is 6.54 Å². The molecule has 0 aliphatic rings. The summed E-state index contributed by atoms with van der Waals surface area (Å²) in [6, 6.07) is 7.56. The van der Waals surface area contributed by atoms with Crippen LogP contribution in [0.1, 0.15) is 0 Å². The fourth-order valence-corrected chi connectivity index (χ4v) is 1.89. The van der Waals surface area contributed by atoms with E-state index in [1.165, 1.54) is 10.9 Å². The summed E-state index contributed by atoms with van der Waals surface area (Å²) in [5, 5.41) is 27.3. The second-order valence-electron chi connectivity index (χ2n) is 4.22. The van der Waals surface area contributed by atoms with Crippen LogP contribution in [-0.2, 0) is 6.54 Å². The monoisotopic (exact) mass is 340 g/mol. The molecule has 0 radical (unpaired) electrons. The molecule has 0 saturated carbocycles. The second-order valence-corrected chi connectivity index (χ2v) is 5.13. The van der Waals surface area contributed by atoms with Gasteiger partial charge >= 0.3 is 5.69 Å². The number of benzene rings is 1. The summed E-state index contributed by atoms with van der Waals surface area (Å²) in [6.07, 6.45) is 1.76. The predicted octanol–water partition coefficient (Wildman–Crippen LogP) is 2.03. The summed E-state index contributed by atoms with van der Waals surface area (Å²) < 4.78 is 2.33. The molecule has 0 aliphatic heterocycles. The smallest absolute Gasteiger partial charge is 0.306 e. The van der Waals surface area contributed by atoms with Crippen LogP contribution in [-0.4, -0.2) is 32.5 Å². The first kappa shape index (κ1) is 14.5. The maximum absolute atomic E-state index is 10.5. The van der Waals surface area contributed by atoms with Crippen molar-refractivity contribution in [1.29, 1.82) is 0 Å². The first-order valence-electron chi connectivity index (χ1n) is 5.89. The van der Waals surface area contributed by atoms with E-state index in [2.05, 4.69) is 26.3 Å². The van der Waals surface area contributed by atoms with Crippen molar-refractivity contribution in [2.24, 2.45) is 0 Å². The molecule has 2 N–H and O–H groups in total. The zero-order chi connectivity index (χ0) is 14.5. The molecule has 20 heavy (non-hydrogen) atoms. The van der Waals surface area contributed by atoms with Gasteiger partial charge in [-0.2, -0.15) is 5.10 Å². The van der Waals surface area contributed by atoms with E-state index in [1.54, 1.807) is 0 Å². The van der Waals surface area contributed by atoms with Gasteiger partial charge in [-0.1, -0.05) is 15.9 Å². The zero-order valence-electron chi connectivity index (χ0n) is 10.4. The Morgan fingerprint density at radius 3 is 2.75 bits per heavy atom. The van der Waals surface area contributed by atoms with E-state index in [1.807, 2.05) is 24.3 Å². The molecule has 1 aromatic heterocycles. The van der Waals surface area contributed by atoms with Crippen LogP contribution >= 0.6 is 15.9 Å². The van der Waals surface area contributed by atoms with Crippen LogP contribution in [0.5, 0.6) is 0 Å². The Kier molecular flexibility index (Phi) is 4.70. The number of hydrogen-bond donors (Lipinski definition) is 2. The van der Waals surface area contributed by atoms with Crippen LogP contribution in [0.15, 0.2) is 41.1 Å². The van der Waals surface area contributed by atoms with Gasteiger partial charge in [0.1, 0.15) is 12.4 Å². The van der Waals surface area contributed by atoms with Gasteiger partial charge in [0, 0.05) is 16.7 Å². The van der Waals surface area contributed by atoms with Crippen LogP contribution in [0.3, 0.4) is 0 Å². The van der Waals surface area contributed by atoms with Crippen molar-refractivity contribution in [2.75, 3.05) is 11.9 Å². The molecule has 0 aliphatic carbocycles. The van der Waals surface area contributed by atoms with Crippen LogP contribution in [0.4, 0.5) is 11.4 Å². The van der Waals surface area contributed by atoms with Gasteiger partial charge < -0.3 is 10.4 Å². The minimum atomic E-state index is -0.696. The number of nitro groups is 1. The zero-order valence-corrected chi connectivity index (χ0v) is 12.0. The molecule has 0 amide bonds. The number of nitrogens with one attached hydrogen (secondary N) is 1. The van der Waals surface area contributed by atoms with E-state index in [-0.39, 0.29) is 12.2 Å². The van der Waals surface area contributed by atoms with E-state index in [9.17, 15) is 15.2 Å². The van der Waals surface area contributed by atoms with E-state index < -0.39 is 11.0 Å². The maximum atomic E-state index is 10.5. The van der Waals surface area contributed by atoms with Gasteiger partial charge in [-0.25, -0.2) is 0 Å². The highest BCUT2D eigenvalue weighted by molar-refractivity contribution is 9.10. The summed E-state index contributed by atoms with van der Waals surface area (Å²) in [5.41, 5.74) is 0.803. The highest BCUT2D eigenvalue weighted by Gasteiger charge is 2.11. The molecule has 1 unspecified atom stereocenters. The molecule has 7 nitrogen and oxygen atoms in total. The Morgan fingerprint density at radius 2 is 2.15 bits per heavy atom. The quantitative estimate of drug-likeness (QED) is 0.619. The molecule has 0 spiro atoms. The first-order valence-corrected chi connectivity index (χ1v) is 6.68. The van der Waals surface area contributed by atoms with E-state index in [0.717, 1.165) is 16.4 Å². The molecule has 106 valence electrons. The number of anilines is 1. The lowest BCUT2D eigenvalue weighted by Gasteiger charge is -2.12. The minimum Gasteiger partial charge on any atom is -0.389 e. The molecule has 8 heteroatoms. The van der Waals surface area contributed by atoms with Crippen LogP contribution in [0.2, 0.25) is 0 Å². The average molecular weight is 341 g/mol. The Morgan fingerprint density at radius 1 is 1.45 bits per heavy atom. The number of rotatable bonds is 6. The molecule has 0 bridgehead atoms. The van der Waals surface area contributed by atoms with Crippen molar-refractivity contribution in [1.82, 2.24) is 9.78 Å². The normalized spacial score (nSPS) is 12.1. The standard InChI is InChI=1S/C12H13BrN4O3/c13-9-1-3-10(4-2-9)14-6-12(18)8-16-7-11(5-15-16)17(19)20/h1-5,7,12,14,18H,6,8H2. The molecule has 2 aromatic rings. The van der Waals surface area contributed by atoms with Gasteiger partial charge in [0.25, 0.3) is 0 Å². The van der Waals surface area contributed by atoms with Gasteiger partial charge in [-0.15, -0.1) is 0 Å². The molecule has 0 fully saturated rings. The van der Waals surface area contributed by atoms with Gasteiger partial charge in [0.15, 0.2) is 0 Å².